The van der Waals surface area contributed by atoms with Gasteiger partial charge in [0.15, 0.2) is 0 Å². The zero-order valence-corrected chi connectivity index (χ0v) is 18.6. The summed E-state index contributed by atoms with van der Waals surface area (Å²) in [4.78, 5) is 13.0. The maximum absolute atomic E-state index is 13.0. The average molecular weight is 421 g/mol. The van der Waals surface area contributed by atoms with Crippen LogP contribution in [-0.2, 0) is 14.8 Å². The zero-order chi connectivity index (χ0) is 20.9. The number of benzene rings is 2. The number of rotatable bonds is 8. The average Bonchev–Trinajstić information content (AvgIpc) is 2.66. The molecule has 2 rings (SSSR count). The zero-order valence-electron chi connectivity index (χ0n) is 16.9. The van der Waals surface area contributed by atoms with Gasteiger partial charge in [0.25, 0.3) is 0 Å². The lowest BCUT2D eigenvalue weighted by molar-refractivity contribution is -0.118. The van der Waals surface area contributed by atoms with Gasteiger partial charge in [-0.3, -0.25) is 4.79 Å². The first-order valence-electron chi connectivity index (χ1n) is 9.25. The van der Waals surface area contributed by atoms with E-state index in [2.05, 4.69) is 10.0 Å². The molecule has 0 aromatic heterocycles. The lowest BCUT2D eigenvalue weighted by Crippen LogP contribution is -2.28. The van der Waals surface area contributed by atoms with Gasteiger partial charge in [-0.2, -0.15) is 0 Å². The molecule has 28 heavy (non-hydrogen) atoms. The van der Waals surface area contributed by atoms with E-state index in [0.717, 1.165) is 16.0 Å². The van der Waals surface area contributed by atoms with E-state index < -0.39 is 10.0 Å². The van der Waals surface area contributed by atoms with E-state index in [0.29, 0.717) is 12.1 Å². The smallest absolute Gasteiger partial charge is 0.241 e. The summed E-state index contributed by atoms with van der Waals surface area (Å²) in [6.07, 6.45) is 2.51. The van der Waals surface area contributed by atoms with Crippen molar-refractivity contribution in [3.63, 3.8) is 0 Å². The molecule has 0 aliphatic heterocycles. The largest absolute Gasteiger partial charge is 0.325 e. The maximum Gasteiger partial charge on any atom is 0.241 e. The standard InChI is InChI=1S/C21H28N2O3S2/c1-6-18(16-9-7-15(4)8-10-16)23-28(25,26)17-11-12-20(27-5)19(13-17)22-21(24)14(2)3/h7-14,18,23H,6H2,1-5H3,(H,22,24)/t18-/m0/s1. The van der Waals surface area contributed by atoms with E-state index in [9.17, 15) is 13.2 Å². The number of carbonyl (C=O) groups excluding carboxylic acids is 1. The first-order chi connectivity index (χ1) is 13.2. The van der Waals surface area contributed by atoms with Crippen molar-refractivity contribution >= 4 is 33.4 Å². The van der Waals surface area contributed by atoms with Crippen molar-refractivity contribution in [2.45, 2.75) is 49.9 Å². The number of aryl methyl sites for hydroxylation is 1. The summed E-state index contributed by atoms with van der Waals surface area (Å²) in [5, 5.41) is 2.83. The number of anilines is 1. The topological polar surface area (TPSA) is 75.3 Å². The third-order valence-corrected chi connectivity index (χ3v) is 6.71. The molecule has 0 aliphatic rings. The number of amides is 1. The molecule has 0 radical (unpaired) electrons. The molecule has 0 spiro atoms. The molecule has 0 heterocycles. The van der Waals surface area contributed by atoms with Crippen LogP contribution in [0.15, 0.2) is 52.3 Å². The first kappa shape index (κ1) is 22.5. The summed E-state index contributed by atoms with van der Waals surface area (Å²) in [5.74, 6) is -0.344. The second-order valence-corrected chi connectivity index (χ2v) is 9.56. The van der Waals surface area contributed by atoms with Gasteiger partial charge in [0.1, 0.15) is 0 Å². The second kappa shape index (κ2) is 9.58. The lowest BCUT2D eigenvalue weighted by Gasteiger charge is -2.19. The van der Waals surface area contributed by atoms with Crippen molar-refractivity contribution in [2.75, 3.05) is 11.6 Å². The quantitative estimate of drug-likeness (QED) is 0.605. The van der Waals surface area contributed by atoms with Crippen LogP contribution in [0, 0.1) is 12.8 Å². The summed E-state index contributed by atoms with van der Waals surface area (Å²) in [6, 6.07) is 12.3. The van der Waals surface area contributed by atoms with E-state index in [-0.39, 0.29) is 22.8 Å². The molecule has 0 saturated carbocycles. The second-order valence-electron chi connectivity index (χ2n) is 7.00. The predicted molar refractivity (Wildman–Crippen MR) is 116 cm³/mol. The van der Waals surface area contributed by atoms with Crippen molar-refractivity contribution in [1.29, 1.82) is 0 Å². The molecule has 1 atom stereocenters. The highest BCUT2D eigenvalue weighted by Crippen LogP contribution is 2.29. The highest BCUT2D eigenvalue weighted by Gasteiger charge is 2.22. The molecule has 1 amide bonds. The highest BCUT2D eigenvalue weighted by molar-refractivity contribution is 7.98. The van der Waals surface area contributed by atoms with Crippen molar-refractivity contribution in [1.82, 2.24) is 4.72 Å². The highest BCUT2D eigenvalue weighted by atomic mass is 32.2. The number of thioether (sulfide) groups is 1. The third-order valence-electron chi connectivity index (χ3n) is 4.45. The number of sulfonamides is 1. The Balaban J connectivity index is 2.33. The van der Waals surface area contributed by atoms with E-state index in [1.54, 1.807) is 26.0 Å². The maximum atomic E-state index is 13.0. The van der Waals surface area contributed by atoms with Gasteiger partial charge in [-0.15, -0.1) is 11.8 Å². The van der Waals surface area contributed by atoms with Crippen molar-refractivity contribution in [2.24, 2.45) is 5.92 Å². The van der Waals surface area contributed by atoms with E-state index in [1.807, 2.05) is 44.4 Å². The SMILES string of the molecule is CC[C@H](NS(=O)(=O)c1ccc(SC)c(NC(=O)C(C)C)c1)c1ccc(C)cc1. The van der Waals surface area contributed by atoms with Gasteiger partial charge in [0.05, 0.1) is 10.6 Å². The fraction of sp³-hybridized carbons (Fsp3) is 0.381. The predicted octanol–water partition coefficient (Wildman–Crippen LogP) is 4.74. The fourth-order valence-corrected chi connectivity index (χ4v) is 4.54. The van der Waals surface area contributed by atoms with E-state index in [1.165, 1.54) is 17.8 Å². The van der Waals surface area contributed by atoms with Crippen LogP contribution in [0.3, 0.4) is 0 Å². The van der Waals surface area contributed by atoms with Crippen molar-refractivity contribution in [3.05, 3.63) is 53.6 Å². The van der Waals surface area contributed by atoms with Gasteiger partial charge in [-0.1, -0.05) is 50.6 Å². The molecule has 2 aromatic rings. The summed E-state index contributed by atoms with van der Waals surface area (Å²) < 4.78 is 28.8. The van der Waals surface area contributed by atoms with Gasteiger partial charge in [0, 0.05) is 16.9 Å². The summed E-state index contributed by atoms with van der Waals surface area (Å²) in [6.45, 7) is 7.53. The number of hydrogen-bond acceptors (Lipinski definition) is 4. The molecule has 2 N–H and O–H groups in total. The number of carbonyl (C=O) groups is 1. The van der Waals surface area contributed by atoms with Gasteiger partial charge in [0.2, 0.25) is 15.9 Å². The first-order valence-corrected chi connectivity index (χ1v) is 12.0. The van der Waals surface area contributed by atoms with Gasteiger partial charge >= 0.3 is 0 Å². The van der Waals surface area contributed by atoms with Crippen molar-refractivity contribution < 1.29 is 13.2 Å². The minimum atomic E-state index is -3.74. The Labute approximate surface area is 172 Å². The number of hydrogen-bond donors (Lipinski definition) is 2. The van der Waals surface area contributed by atoms with Gasteiger partial charge in [-0.05, 0) is 43.4 Å². The van der Waals surface area contributed by atoms with Crippen LogP contribution in [0.5, 0.6) is 0 Å². The third kappa shape index (κ3) is 5.59. The minimum Gasteiger partial charge on any atom is -0.325 e. The Morgan fingerprint density at radius 3 is 2.29 bits per heavy atom. The van der Waals surface area contributed by atoms with Gasteiger partial charge in [-0.25, -0.2) is 13.1 Å². The lowest BCUT2D eigenvalue weighted by atomic mass is 10.0. The summed E-state index contributed by atoms with van der Waals surface area (Å²) in [5.41, 5.74) is 2.56. The van der Waals surface area contributed by atoms with Crippen LogP contribution in [0.2, 0.25) is 0 Å². The van der Waals surface area contributed by atoms with Crippen LogP contribution < -0.4 is 10.0 Å². The van der Waals surface area contributed by atoms with Crippen LogP contribution >= 0.6 is 11.8 Å². The van der Waals surface area contributed by atoms with Crippen LogP contribution in [0.4, 0.5) is 5.69 Å². The molecule has 0 fully saturated rings. The molecule has 0 bridgehead atoms. The Morgan fingerprint density at radius 2 is 1.75 bits per heavy atom. The molecule has 0 saturated heterocycles. The molecular formula is C21H28N2O3S2. The Bertz CT molecular complexity index is 923. The summed E-state index contributed by atoms with van der Waals surface area (Å²) in [7, 11) is -3.74. The Morgan fingerprint density at radius 1 is 1.11 bits per heavy atom. The molecular weight excluding hydrogens is 392 g/mol. The molecule has 0 unspecified atom stereocenters. The molecule has 5 nitrogen and oxygen atoms in total. The van der Waals surface area contributed by atoms with Crippen LogP contribution in [0.25, 0.3) is 0 Å². The van der Waals surface area contributed by atoms with E-state index in [4.69, 9.17) is 0 Å². The van der Waals surface area contributed by atoms with Gasteiger partial charge < -0.3 is 5.32 Å². The normalized spacial score (nSPS) is 12.8. The number of nitrogens with one attached hydrogen (secondary N) is 2. The van der Waals surface area contributed by atoms with Crippen LogP contribution in [-0.4, -0.2) is 20.6 Å². The van der Waals surface area contributed by atoms with Crippen LogP contribution in [0.1, 0.15) is 44.4 Å². The van der Waals surface area contributed by atoms with Crippen molar-refractivity contribution in [3.8, 4) is 0 Å². The molecule has 152 valence electrons. The fourth-order valence-electron chi connectivity index (χ4n) is 2.67. The Kier molecular flexibility index (Phi) is 7.69. The van der Waals surface area contributed by atoms with E-state index >= 15 is 0 Å². The molecule has 7 heteroatoms. The Hall–Kier alpha value is -1.83. The summed E-state index contributed by atoms with van der Waals surface area (Å²) >= 11 is 1.46. The molecule has 2 aromatic carbocycles. The minimum absolute atomic E-state index is 0.134. The molecule has 0 aliphatic carbocycles. The monoisotopic (exact) mass is 420 g/mol.